The maximum absolute atomic E-state index is 12.4. The van der Waals surface area contributed by atoms with Crippen LogP contribution in [0.3, 0.4) is 0 Å². The minimum atomic E-state index is -0.367. The van der Waals surface area contributed by atoms with E-state index >= 15 is 0 Å². The van der Waals surface area contributed by atoms with Crippen molar-refractivity contribution in [3.63, 3.8) is 0 Å². The highest BCUT2D eigenvalue weighted by molar-refractivity contribution is 6.06. The third-order valence-electron chi connectivity index (χ3n) is 4.38. The Morgan fingerprint density at radius 1 is 1.41 bits per heavy atom. The first-order valence-electron chi connectivity index (χ1n) is 8.60. The Morgan fingerprint density at radius 2 is 2.30 bits per heavy atom. The number of hydroxylamine groups is 1. The van der Waals surface area contributed by atoms with Crippen LogP contribution in [0.25, 0.3) is 10.9 Å². The summed E-state index contributed by atoms with van der Waals surface area (Å²) in [5, 5.41) is 8.03. The molecule has 0 aliphatic carbocycles. The standard InChI is InChI=1S/C18H20N6O3/c1-24-15-9-11(21-17(25)16-14(19)3-2-7-20-16)4-5-13(15)18(22-24)27-23-12-6-8-26-10-12/h2-5,7,9,12,23H,6,8,10,19H2,1H3,(H,21,25). The van der Waals surface area contributed by atoms with Crippen molar-refractivity contribution in [2.24, 2.45) is 7.05 Å². The van der Waals surface area contributed by atoms with Gasteiger partial charge < -0.3 is 20.6 Å². The Bertz CT molecular complexity index is 980. The molecule has 1 atom stereocenters. The van der Waals surface area contributed by atoms with E-state index in [0.29, 0.717) is 23.9 Å². The Kier molecular flexibility index (Phi) is 4.61. The molecule has 0 bridgehead atoms. The molecule has 1 unspecified atom stereocenters. The first-order valence-corrected chi connectivity index (χ1v) is 8.60. The normalized spacial score (nSPS) is 16.6. The van der Waals surface area contributed by atoms with Crippen LogP contribution in [0.1, 0.15) is 16.9 Å². The van der Waals surface area contributed by atoms with E-state index in [2.05, 4.69) is 20.9 Å². The van der Waals surface area contributed by atoms with E-state index in [0.717, 1.165) is 23.9 Å². The van der Waals surface area contributed by atoms with Crippen LogP contribution in [-0.2, 0) is 11.8 Å². The van der Waals surface area contributed by atoms with Crippen molar-refractivity contribution < 1.29 is 14.4 Å². The maximum Gasteiger partial charge on any atom is 0.276 e. The highest BCUT2D eigenvalue weighted by Gasteiger charge is 2.18. The quantitative estimate of drug-likeness (QED) is 0.584. The molecular formula is C18H20N6O3. The summed E-state index contributed by atoms with van der Waals surface area (Å²) in [4.78, 5) is 22.1. The van der Waals surface area contributed by atoms with Gasteiger partial charge in [-0.05, 0) is 36.8 Å². The summed E-state index contributed by atoms with van der Waals surface area (Å²) >= 11 is 0. The molecule has 1 fully saturated rings. The third-order valence-corrected chi connectivity index (χ3v) is 4.38. The summed E-state index contributed by atoms with van der Waals surface area (Å²) in [7, 11) is 1.82. The van der Waals surface area contributed by atoms with Gasteiger partial charge in [0.25, 0.3) is 11.8 Å². The maximum atomic E-state index is 12.4. The number of anilines is 2. The smallest absolute Gasteiger partial charge is 0.276 e. The number of fused-ring (bicyclic) bond motifs is 1. The van der Waals surface area contributed by atoms with E-state index in [1.807, 2.05) is 19.2 Å². The lowest BCUT2D eigenvalue weighted by Crippen LogP contribution is -2.32. The summed E-state index contributed by atoms with van der Waals surface area (Å²) in [5.74, 6) is 0.111. The van der Waals surface area contributed by atoms with Gasteiger partial charge in [-0.2, -0.15) is 0 Å². The number of ether oxygens (including phenoxy) is 1. The van der Waals surface area contributed by atoms with Gasteiger partial charge >= 0.3 is 0 Å². The molecule has 1 saturated heterocycles. The van der Waals surface area contributed by atoms with Crippen LogP contribution in [0.5, 0.6) is 5.88 Å². The third kappa shape index (κ3) is 3.55. The van der Waals surface area contributed by atoms with E-state index in [1.54, 1.807) is 22.9 Å². The largest absolute Gasteiger partial charge is 0.397 e. The van der Waals surface area contributed by atoms with Crippen molar-refractivity contribution in [2.75, 3.05) is 24.3 Å². The lowest BCUT2D eigenvalue weighted by atomic mass is 10.2. The number of pyridine rings is 1. The van der Waals surface area contributed by atoms with E-state index in [9.17, 15) is 4.79 Å². The van der Waals surface area contributed by atoms with Crippen molar-refractivity contribution in [1.29, 1.82) is 0 Å². The van der Waals surface area contributed by atoms with Crippen LogP contribution in [-0.4, -0.2) is 39.9 Å². The van der Waals surface area contributed by atoms with Gasteiger partial charge in [0.2, 0.25) is 0 Å². The molecule has 4 rings (SSSR count). The fourth-order valence-electron chi connectivity index (χ4n) is 2.94. The number of carbonyl (C=O) groups is 1. The number of hydrogen-bond donors (Lipinski definition) is 3. The summed E-state index contributed by atoms with van der Waals surface area (Å²) < 4.78 is 7.01. The number of rotatable bonds is 5. The molecule has 3 aromatic rings. The van der Waals surface area contributed by atoms with Crippen molar-refractivity contribution in [3.05, 3.63) is 42.2 Å². The number of nitrogens with one attached hydrogen (secondary N) is 2. The van der Waals surface area contributed by atoms with Gasteiger partial charge in [0.1, 0.15) is 0 Å². The fraction of sp³-hybridized carbons (Fsp3) is 0.278. The summed E-state index contributed by atoms with van der Waals surface area (Å²) in [6, 6.07) is 8.93. The molecule has 9 heteroatoms. The van der Waals surface area contributed by atoms with Crippen LogP contribution in [0, 0.1) is 0 Å². The SMILES string of the molecule is Cn1nc(ONC2CCOC2)c2ccc(NC(=O)c3ncccc3N)cc21. The van der Waals surface area contributed by atoms with Gasteiger partial charge in [0, 0.05) is 25.5 Å². The van der Waals surface area contributed by atoms with Crippen LogP contribution in [0.4, 0.5) is 11.4 Å². The first kappa shape index (κ1) is 17.3. The fourth-order valence-corrected chi connectivity index (χ4v) is 2.94. The first-order chi connectivity index (χ1) is 13.1. The molecule has 3 heterocycles. The molecule has 9 nitrogen and oxygen atoms in total. The molecule has 27 heavy (non-hydrogen) atoms. The number of carbonyl (C=O) groups excluding carboxylic acids is 1. The number of nitrogen functional groups attached to an aromatic ring is 1. The number of nitrogens with zero attached hydrogens (tertiary/aromatic N) is 3. The van der Waals surface area contributed by atoms with Crippen LogP contribution < -0.4 is 21.4 Å². The second-order valence-electron chi connectivity index (χ2n) is 6.34. The number of amides is 1. The Morgan fingerprint density at radius 3 is 3.07 bits per heavy atom. The van der Waals surface area contributed by atoms with Gasteiger partial charge in [-0.25, -0.2) is 4.98 Å². The molecule has 0 spiro atoms. The summed E-state index contributed by atoms with van der Waals surface area (Å²) in [5.41, 5.74) is 10.7. The minimum Gasteiger partial charge on any atom is -0.397 e. The van der Waals surface area contributed by atoms with E-state index in [4.69, 9.17) is 15.3 Å². The number of nitrogens with two attached hydrogens (primary N) is 1. The van der Waals surface area contributed by atoms with Gasteiger partial charge in [-0.15, -0.1) is 10.6 Å². The molecule has 0 radical (unpaired) electrons. The lowest BCUT2D eigenvalue weighted by molar-refractivity contribution is 0.102. The van der Waals surface area contributed by atoms with Gasteiger partial charge in [-0.1, -0.05) is 0 Å². The average molecular weight is 368 g/mol. The molecule has 1 aromatic carbocycles. The lowest BCUT2D eigenvalue weighted by Gasteiger charge is -2.09. The number of aryl methyl sites for hydroxylation is 1. The van der Waals surface area contributed by atoms with E-state index in [1.165, 1.54) is 6.20 Å². The highest BCUT2D eigenvalue weighted by atomic mass is 16.7. The van der Waals surface area contributed by atoms with E-state index in [-0.39, 0.29) is 17.6 Å². The predicted octanol–water partition coefficient (Wildman–Crippen LogP) is 1.48. The van der Waals surface area contributed by atoms with Crippen molar-refractivity contribution in [3.8, 4) is 5.88 Å². The van der Waals surface area contributed by atoms with Gasteiger partial charge in [0.05, 0.1) is 29.2 Å². The Balaban J connectivity index is 1.53. The zero-order valence-corrected chi connectivity index (χ0v) is 14.8. The summed E-state index contributed by atoms with van der Waals surface area (Å²) in [6.07, 6.45) is 2.43. The Labute approximate surface area is 155 Å². The molecule has 140 valence electrons. The van der Waals surface area contributed by atoms with Crippen LogP contribution in [0.2, 0.25) is 0 Å². The van der Waals surface area contributed by atoms with Crippen molar-refractivity contribution in [2.45, 2.75) is 12.5 Å². The average Bonchev–Trinajstić information content (AvgIpc) is 3.28. The molecule has 1 amide bonds. The molecule has 1 aliphatic heterocycles. The molecule has 1 aliphatic rings. The molecule has 4 N–H and O–H groups in total. The number of aromatic nitrogens is 3. The topological polar surface area (TPSA) is 116 Å². The molecule has 0 saturated carbocycles. The number of hydrogen-bond acceptors (Lipinski definition) is 7. The summed E-state index contributed by atoms with van der Waals surface area (Å²) in [6.45, 7) is 1.35. The molecular weight excluding hydrogens is 348 g/mol. The van der Waals surface area contributed by atoms with Crippen molar-refractivity contribution in [1.82, 2.24) is 20.2 Å². The van der Waals surface area contributed by atoms with E-state index < -0.39 is 0 Å². The monoisotopic (exact) mass is 368 g/mol. The van der Waals surface area contributed by atoms with Crippen molar-refractivity contribution >= 4 is 28.2 Å². The second kappa shape index (κ2) is 7.22. The zero-order chi connectivity index (χ0) is 18.8. The second-order valence-corrected chi connectivity index (χ2v) is 6.34. The van der Waals surface area contributed by atoms with Gasteiger partial charge in [-0.3, -0.25) is 9.48 Å². The minimum absolute atomic E-state index is 0.157. The molecule has 2 aromatic heterocycles. The number of benzene rings is 1. The van der Waals surface area contributed by atoms with Crippen LogP contribution in [0.15, 0.2) is 36.5 Å². The Hall–Kier alpha value is -3.17. The van der Waals surface area contributed by atoms with Gasteiger partial charge in [0.15, 0.2) is 5.69 Å². The van der Waals surface area contributed by atoms with Crippen LogP contribution >= 0.6 is 0 Å². The highest BCUT2D eigenvalue weighted by Crippen LogP contribution is 2.27. The predicted molar refractivity (Wildman–Crippen MR) is 100 cm³/mol. The zero-order valence-electron chi connectivity index (χ0n) is 14.8.